The largest absolute Gasteiger partial charge is 0.495 e. The van der Waals surface area contributed by atoms with Gasteiger partial charge in [-0.1, -0.05) is 43.6 Å². The number of ether oxygens (including phenoxy) is 1. The molecular formula is C21H24ClN3O3. The maximum Gasteiger partial charge on any atom is 0.320 e. The van der Waals surface area contributed by atoms with Gasteiger partial charge in [0.15, 0.2) is 0 Å². The number of rotatable bonds is 5. The van der Waals surface area contributed by atoms with Crippen LogP contribution in [0.2, 0.25) is 5.02 Å². The second-order valence-electron chi connectivity index (χ2n) is 7.03. The predicted octanol–water partition coefficient (Wildman–Crippen LogP) is 4.08. The summed E-state index contributed by atoms with van der Waals surface area (Å²) in [5.74, 6) is 0.292. The van der Waals surface area contributed by atoms with E-state index in [-0.39, 0.29) is 11.8 Å². The summed E-state index contributed by atoms with van der Waals surface area (Å²) in [6, 6.07) is 11.7. The quantitative estimate of drug-likeness (QED) is 0.792. The summed E-state index contributed by atoms with van der Waals surface area (Å²) in [6.45, 7) is 4.43. The Bertz CT molecular complexity index is 885. The van der Waals surface area contributed by atoms with Crippen LogP contribution < -0.4 is 20.3 Å². The molecule has 2 N–H and O–H groups in total. The van der Waals surface area contributed by atoms with Gasteiger partial charge in [0.1, 0.15) is 11.8 Å². The molecule has 0 aromatic heterocycles. The molecule has 148 valence electrons. The topological polar surface area (TPSA) is 70.7 Å². The molecule has 2 aromatic rings. The van der Waals surface area contributed by atoms with Gasteiger partial charge in [0.2, 0.25) is 5.91 Å². The highest BCUT2D eigenvalue weighted by Crippen LogP contribution is 2.29. The van der Waals surface area contributed by atoms with Crippen LogP contribution in [0.3, 0.4) is 0 Å². The number of hydrogen-bond acceptors (Lipinski definition) is 3. The number of anilines is 2. The second kappa shape index (κ2) is 8.52. The molecule has 3 amide bonds. The zero-order chi connectivity index (χ0) is 20.3. The fourth-order valence-corrected chi connectivity index (χ4v) is 3.50. The molecule has 1 heterocycles. The summed E-state index contributed by atoms with van der Waals surface area (Å²) in [5, 5.41) is 6.00. The predicted molar refractivity (Wildman–Crippen MR) is 111 cm³/mol. The second-order valence-corrected chi connectivity index (χ2v) is 7.47. The van der Waals surface area contributed by atoms with Crippen LogP contribution in [0.4, 0.5) is 16.2 Å². The van der Waals surface area contributed by atoms with E-state index >= 15 is 0 Å². The molecule has 3 rings (SSSR count). The molecule has 0 fully saturated rings. The van der Waals surface area contributed by atoms with Crippen molar-refractivity contribution in [3.63, 3.8) is 0 Å². The van der Waals surface area contributed by atoms with E-state index < -0.39 is 12.1 Å². The van der Waals surface area contributed by atoms with Gasteiger partial charge in [0.25, 0.3) is 0 Å². The lowest BCUT2D eigenvalue weighted by molar-refractivity contribution is -0.121. The molecule has 1 aliphatic rings. The molecule has 0 saturated heterocycles. The van der Waals surface area contributed by atoms with Crippen molar-refractivity contribution in [1.29, 1.82) is 0 Å². The van der Waals surface area contributed by atoms with E-state index in [4.69, 9.17) is 16.3 Å². The molecule has 7 heteroatoms. The SMILES string of the molecule is COc1ccc(Cl)cc1NC(=O)N[C@H](C(=O)N1CCc2ccccc21)C(C)C. The van der Waals surface area contributed by atoms with Gasteiger partial charge in [-0.2, -0.15) is 0 Å². The minimum atomic E-state index is -0.656. The van der Waals surface area contributed by atoms with Crippen LogP contribution in [-0.2, 0) is 11.2 Å². The summed E-state index contributed by atoms with van der Waals surface area (Å²) in [7, 11) is 1.51. The van der Waals surface area contributed by atoms with Gasteiger partial charge >= 0.3 is 6.03 Å². The Kier molecular flexibility index (Phi) is 6.09. The number of nitrogens with zero attached hydrogens (tertiary/aromatic N) is 1. The first-order valence-corrected chi connectivity index (χ1v) is 9.59. The van der Waals surface area contributed by atoms with Gasteiger partial charge in [-0.25, -0.2) is 4.79 Å². The highest BCUT2D eigenvalue weighted by molar-refractivity contribution is 6.31. The van der Waals surface area contributed by atoms with E-state index in [0.29, 0.717) is 23.0 Å². The first-order valence-electron chi connectivity index (χ1n) is 9.21. The van der Waals surface area contributed by atoms with E-state index in [0.717, 1.165) is 17.7 Å². The first-order chi connectivity index (χ1) is 13.4. The number of hydrogen-bond donors (Lipinski definition) is 2. The minimum Gasteiger partial charge on any atom is -0.495 e. The highest BCUT2D eigenvalue weighted by Gasteiger charge is 2.32. The molecule has 0 radical (unpaired) electrons. The Morgan fingerprint density at radius 3 is 2.64 bits per heavy atom. The van der Waals surface area contributed by atoms with Crippen molar-refractivity contribution in [3.8, 4) is 5.75 Å². The third-order valence-corrected chi connectivity index (χ3v) is 5.02. The number of para-hydroxylation sites is 1. The molecule has 0 unspecified atom stereocenters. The first kappa shape index (κ1) is 20.0. The Morgan fingerprint density at radius 1 is 1.18 bits per heavy atom. The van der Waals surface area contributed by atoms with Crippen LogP contribution in [-0.4, -0.2) is 31.6 Å². The number of nitrogens with one attached hydrogen (secondary N) is 2. The molecule has 1 aliphatic heterocycles. The molecular weight excluding hydrogens is 378 g/mol. The average Bonchev–Trinajstić information content (AvgIpc) is 3.10. The summed E-state index contributed by atoms with van der Waals surface area (Å²) in [5.41, 5.74) is 2.50. The van der Waals surface area contributed by atoms with Crippen molar-refractivity contribution < 1.29 is 14.3 Å². The number of carbonyl (C=O) groups excluding carboxylic acids is 2. The smallest absolute Gasteiger partial charge is 0.320 e. The lowest BCUT2D eigenvalue weighted by atomic mass is 10.0. The minimum absolute atomic E-state index is 0.0766. The average molecular weight is 402 g/mol. The van der Waals surface area contributed by atoms with Crippen LogP contribution in [0.5, 0.6) is 5.75 Å². The third-order valence-electron chi connectivity index (χ3n) is 4.78. The van der Waals surface area contributed by atoms with E-state index in [2.05, 4.69) is 10.6 Å². The van der Waals surface area contributed by atoms with Gasteiger partial charge < -0.3 is 20.3 Å². The number of methoxy groups -OCH3 is 1. The van der Waals surface area contributed by atoms with Crippen LogP contribution in [0.25, 0.3) is 0 Å². The van der Waals surface area contributed by atoms with E-state index in [1.807, 2.05) is 38.1 Å². The Morgan fingerprint density at radius 2 is 1.93 bits per heavy atom. The summed E-state index contributed by atoms with van der Waals surface area (Å²) >= 11 is 6.01. The summed E-state index contributed by atoms with van der Waals surface area (Å²) in [6.07, 6.45) is 0.818. The Labute approximate surface area is 169 Å². The highest BCUT2D eigenvalue weighted by atomic mass is 35.5. The number of fused-ring (bicyclic) bond motifs is 1. The zero-order valence-corrected chi connectivity index (χ0v) is 16.9. The van der Waals surface area contributed by atoms with Crippen molar-refractivity contribution in [1.82, 2.24) is 5.32 Å². The molecule has 0 saturated carbocycles. The van der Waals surface area contributed by atoms with Crippen LogP contribution >= 0.6 is 11.6 Å². The molecule has 0 bridgehead atoms. The van der Waals surface area contributed by atoms with Gasteiger partial charge in [-0.05, 0) is 42.2 Å². The van der Waals surface area contributed by atoms with Gasteiger partial charge in [0, 0.05) is 17.3 Å². The van der Waals surface area contributed by atoms with Gasteiger partial charge in [0.05, 0.1) is 12.8 Å². The van der Waals surface area contributed by atoms with Gasteiger partial charge in [-0.3, -0.25) is 4.79 Å². The molecule has 1 atom stereocenters. The van der Waals surface area contributed by atoms with Crippen molar-refractivity contribution in [2.75, 3.05) is 23.9 Å². The van der Waals surface area contributed by atoms with Crippen molar-refractivity contribution >= 4 is 34.9 Å². The standard InChI is InChI=1S/C21H24ClN3O3/c1-13(2)19(20(26)25-11-10-14-6-4-5-7-17(14)25)24-21(27)23-16-12-15(22)8-9-18(16)28-3/h4-9,12-13,19H,10-11H2,1-3H3,(H2,23,24,27)/t19-/m0/s1. The third kappa shape index (κ3) is 4.22. The summed E-state index contributed by atoms with van der Waals surface area (Å²) < 4.78 is 5.25. The molecule has 28 heavy (non-hydrogen) atoms. The van der Waals surface area contributed by atoms with Crippen LogP contribution in [0.15, 0.2) is 42.5 Å². The normalized spacial score (nSPS) is 13.8. The van der Waals surface area contributed by atoms with E-state index in [1.165, 1.54) is 7.11 Å². The van der Waals surface area contributed by atoms with E-state index in [9.17, 15) is 9.59 Å². The summed E-state index contributed by atoms with van der Waals surface area (Å²) in [4.78, 5) is 27.5. The van der Waals surface area contributed by atoms with E-state index in [1.54, 1.807) is 23.1 Å². The maximum atomic E-state index is 13.2. The Hall–Kier alpha value is -2.73. The number of halogens is 1. The lowest BCUT2D eigenvalue weighted by Crippen LogP contribution is -2.52. The molecule has 2 aromatic carbocycles. The number of benzene rings is 2. The van der Waals surface area contributed by atoms with Crippen molar-refractivity contribution in [3.05, 3.63) is 53.1 Å². The van der Waals surface area contributed by atoms with Crippen LogP contribution in [0.1, 0.15) is 19.4 Å². The maximum absolute atomic E-state index is 13.2. The fraction of sp³-hybridized carbons (Fsp3) is 0.333. The molecule has 6 nitrogen and oxygen atoms in total. The Balaban J connectivity index is 1.74. The monoisotopic (exact) mass is 401 g/mol. The molecule has 0 spiro atoms. The van der Waals surface area contributed by atoms with Gasteiger partial charge in [-0.15, -0.1) is 0 Å². The number of urea groups is 1. The number of carbonyl (C=O) groups is 2. The fourth-order valence-electron chi connectivity index (χ4n) is 3.33. The molecule has 0 aliphatic carbocycles. The van der Waals surface area contributed by atoms with Crippen molar-refractivity contribution in [2.45, 2.75) is 26.3 Å². The number of amides is 3. The zero-order valence-electron chi connectivity index (χ0n) is 16.2. The van der Waals surface area contributed by atoms with Crippen LogP contribution in [0, 0.1) is 5.92 Å². The lowest BCUT2D eigenvalue weighted by Gasteiger charge is -2.27. The van der Waals surface area contributed by atoms with Crippen molar-refractivity contribution in [2.24, 2.45) is 5.92 Å².